The van der Waals surface area contributed by atoms with Gasteiger partial charge in [-0.2, -0.15) is 0 Å². The van der Waals surface area contributed by atoms with Crippen LogP contribution in [0.15, 0.2) is 30.3 Å². The second-order valence-electron chi connectivity index (χ2n) is 5.99. The number of nitrogens with zero attached hydrogens (tertiary/aromatic N) is 1. The van der Waals surface area contributed by atoms with Crippen LogP contribution in [-0.2, 0) is 16.4 Å². The summed E-state index contributed by atoms with van der Waals surface area (Å²) in [6, 6.07) is 9.41. The fraction of sp³-hybridized carbons (Fsp3) is 0.500. The lowest BCUT2D eigenvalue weighted by molar-refractivity contribution is 0.0214. The molecule has 6 heteroatoms. The van der Waals surface area contributed by atoms with Crippen LogP contribution in [-0.4, -0.2) is 42.1 Å². The minimum atomic E-state index is -2.84. The molecule has 20 heavy (non-hydrogen) atoms. The maximum Gasteiger partial charge on any atom is 0.407 e. The Morgan fingerprint density at radius 2 is 1.85 bits per heavy atom. The molecule has 1 aliphatic carbocycles. The van der Waals surface area contributed by atoms with Crippen molar-refractivity contribution in [2.45, 2.75) is 25.4 Å². The van der Waals surface area contributed by atoms with Crippen molar-refractivity contribution in [3.05, 3.63) is 35.9 Å². The number of carboxylic acid groups (broad SMARTS) is 1. The van der Waals surface area contributed by atoms with Gasteiger partial charge in [0.15, 0.2) is 9.84 Å². The van der Waals surface area contributed by atoms with Gasteiger partial charge in [-0.05, 0) is 18.4 Å². The molecule has 2 aliphatic rings. The van der Waals surface area contributed by atoms with Gasteiger partial charge in [-0.25, -0.2) is 13.2 Å². The van der Waals surface area contributed by atoms with Crippen LogP contribution in [0.25, 0.3) is 0 Å². The van der Waals surface area contributed by atoms with Crippen LogP contribution in [0.2, 0.25) is 0 Å². The number of carbonyl (C=O) groups is 1. The van der Waals surface area contributed by atoms with E-state index in [1.807, 2.05) is 30.3 Å². The summed E-state index contributed by atoms with van der Waals surface area (Å²) < 4.78 is 22.5. The SMILES string of the molecule is O=C(O)N(Cc1ccccc1)C1CC2(C1)CS(=O)(=O)C2. The highest BCUT2D eigenvalue weighted by molar-refractivity contribution is 7.92. The van der Waals surface area contributed by atoms with E-state index in [1.165, 1.54) is 4.90 Å². The molecule has 1 saturated heterocycles. The van der Waals surface area contributed by atoms with Crippen LogP contribution in [0, 0.1) is 5.41 Å². The average molecular weight is 295 g/mol. The Balaban J connectivity index is 1.64. The smallest absolute Gasteiger partial charge is 0.407 e. The lowest BCUT2D eigenvalue weighted by atomic mass is 9.67. The third kappa shape index (κ3) is 2.40. The topological polar surface area (TPSA) is 74.7 Å². The molecule has 1 heterocycles. The molecule has 1 saturated carbocycles. The molecular formula is C14H17NO4S. The fourth-order valence-corrected chi connectivity index (χ4v) is 5.67. The zero-order valence-corrected chi connectivity index (χ0v) is 11.8. The van der Waals surface area contributed by atoms with Crippen LogP contribution >= 0.6 is 0 Å². The number of amides is 1. The van der Waals surface area contributed by atoms with E-state index in [0.29, 0.717) is 19.4 Å². The summed E-state index contributed by atoms with van der Waals surface area (Å²) in [4.78, 5) is 12.8. The highest BCUT2D eigenvalue weighted by atomic mass is 32.2. The van der Waals surface area contributed by atoms with Crippen LogP contribution < -0.4 is 0 Å². The summed E-state index contributed by atoms with van der Waals surface area (Å²) in [5, 5.41) is 9.34. The largest absolute Gasteiger partial charge is 0.465 e. The van der Waals surface area contributed by atoms with Crippen molar-refractivity contribution in [1.82, 2.24) is 4.90 Å². The Hall–Kier alpha value is -1.56. The summed E-state index contributed by atoms with van der Waals surface area (Å²) in [5.74, 6) is 0.463. The quantitative estimate of drug-likeness (QED) is 0.921. The molecule has 0 aromatic heterocycles. The average Bonchev–Trinajstić information content (AvgIpc) is 2.31. The molecule has 1 aromatic rings. The number of sulfone groups is 1. The monoisotopic (exact) mass is 295 g/mol. The first-order chi connectivity index (χ1) is 9.39. The highest BCUT2D eigenvalue weighted by Crippen LogP contribution is 2.51. The molecule has 0 atom stereocenters. The molecule has 1 aromatic carbocycles. The van der Waals surface area contributed by atoms with E-state index in [0.717, 1.165) is 5.56 Å². The van der Waals surface area contributed by atoms with Crippen molar-refractivity contribution in [3.63, 3.8) is 0 Å². The first-order valence-corrected chi connectivity index (χ1v) is 8.45. The van der Waals surface area contributed by atoms with Gasteiger partial charge in [-0.3, -0.25) is 0 Å². The summed E-state index contributed by atoms with van der Waals surface area (Å²) in [5.41, 5.74) is 0.825. The number of hydrogen-bond donors (Lipinski definition) is 1. The van der Waals surface area contributed by atoms with Gasteiger partial charge < -0.3 is 10.0 Å². The highest BCUT2D eigenvalue weighted by Gasteiger charge is 2.58. The van der Waals surface area contributed by atoms with Crippen molar-refractivity contribution < 1.29 is 18.3 Å². The normalized spacial score (nSPS) is 22.8. The Morgan fingerprint density at radius 1 is 1.25 bits per heavy atom. The van der Waals surface area contributed by atoms with Gasteiger partial charge >= 0.3 is 6.09 Å². The standard InChI is InChI=1S/C14H17NO4S/c16-13(17)15(8-11-4-2-1-3-5-11)12-6-14(7-12)9-20(18,19)10-14/h1-5,12H,6-10H2,(H,16,17). The van der Waals surface area contributed by atoms with E-state index in [2.05, 4.69) is 0 Å². The van der Waals surface area contributed by atoms with E-state index in [-0.39, 0.29) is 23.0 Å². The van der Waals surface area contributed by atoms with E-state index >= 15 is 0 Å². The van der Waals surface area contributed by atoms with E-state index < -0.39 is 15.9 Å². The molecule has 3 rings (SSSR count). The summed E-state index contributed by atoms with van der Waals surface area (Å²) in [7, 11) is -2.84. The van der Waals surface area contributed by atoms with Crippen molar-refractivity contribution in [3.8, 4) is 0 Å². The summed E-state index contributed by atoms with van der Waals surface area (Å²) in [6.45, 7) is 0.365. The third-order valence-corrected chi connectivity index (χ3v) is 6.38. The molecule has 1 N–H and O–H groups in total. The number of hydrogen-bond acceptors (Lipinski definition) is 3. The van der Waals surface area contributed by atoms with Crippen LogP contribution in [0.5, 0.6) is 0 Å². The predicted octanol–water partition coefficient (Wildman–Crippen LogP) is 1.74. The molecule has 0 bridgehead atoms. The zero-order chi connectivity index (χ0) is 14.4. The van der Waals surface area contributed by atoms with Crippen molar-refractivity contribution >= 4 is 15.9 Å². The summed E-state index contributed by atoms with van der Waals surface area (Å²) in [6.07, 6.45) is 0.410. The molecule has 1 spiro atoms. The zero-order valence-electron chi connectivity index (χ0n) is 11.0. The Bertz CT molecular complexity index is 606. The fourth-order valence-electron chi connectivity index (χ4n) is 3.42. The molecule has 0 radical (unpaired) electrons. The van der Waals surface area contributed by atoms with Gasteiger partial charge in [0.25, 0.3) is 0 Å². The lowest BCUT2D eigenvalue weighted by Gasteiger charge is -2.55. The van der Waals surface area contributed by atoms with Gasteiger partial charge in [0, 0.05) is 18.0 Å². The second kappa shape index (κ2) is 4.48. The van der Waals surface area contributed by atoms with Crippen molar-refractivity contribution in [2.75, 3.05) is 11.5 Å². The molecule has 0 unspecified atom stereocenters. The van der Waals surface area contributed by atoms with Crippen LogP contribution in [0.4, 0.5) is 4.79 Å². The molecule has 108 valence electrons. The molecule has 2 fully saturated rings. The van der Waals surface area contributed by atoms with Gasteiger partial charge in [-0.1, -0.05) is 30.3 Å². The minimum absolute atomic E-state index is 0.0526. The Morgan fingerprint density at radius 3 is 2.35 bits per heavy atom. The first kappa shape index (κ1) is 13.4. The van der Waals surface area contributed by atoms with E-state index in [4.69, 9.17) is 0 Å². The maximum absolute atomic E-state index is 11.4. The van der Waals surface area contributed by atoms with Gasteiger partial charge in [0.05, 0.1) is 11.5 Å². The van der Waals surface area contributed by atoms with E-state index in [9.17, 15) is 18.3 Å². The minimum Gasteiger partial charge on any atom is -0.465 e. The second-order valence-corrected chi connectivity index (χ2v) is 8.05. The van der Waals surface area contributed by atoms with Gasteiger partial charge in [-0.15, -0.1) is 0 Å². The third-order valence-electron chi connectivity index (χ3n) is 4.27. The number of rotatable bonds is 3. The molecule has 5 nitrogen and oxygen atoms in total. The summed E-state index contributed by atoms with van der Waals surface area (Å²) >= 11 is 0. The van der Waals surface area contributed by atoms with Crippen LogP contribution in [0.1, 0.15) is 18.4 Å². The number of benzene rings is 1. The Labute approximate surface area is 118 Å². The van der Waals surface area contributed by atoms with E-state index in [1.54, 1.807) is 0 Å². The molecule has 1 aliphatic heterocycles. The van der Waals surface area contributed by atoms with Crippen molar-refractivity contribution in [2.24, 2.45) is 5.41 Å². The lowest BCUT2D eigenvalue weighted by Crippen LogP contribution is -2.62. The van der Waals surface area contributed by atoms with Gasteiger partial charge in [0.1, 0.15) is 0 Å². The maximum atomic E-state index is 11.4. The first-order valence-electron chi connectivity index (χ1n) is 6.63. The van der Waals surface area contributed by atoms with Crippen LogP contribution in [0.3, 0.4) is 0 Å². The molecular weight excluding hydrogens is 278 g/mol. The predicted molar refractivity (Wildman–Crippen MR) is 74.1 cm³/mol. The molecule has 1 amide bonds. The van der Waals surface area contributed by atoms with Crippen molar-refractivity contribution in [1.29, 1.82) is 0 Å². The Kier molecular flexibility index (Phi) is 3.01. The van der Waals surface area contributed by atoms with Gasteiger partial charge in [0.2, 0.25) is 0 Å².